The van der Waals surface area contributed by atoms with E-state index in [2.05, 4.69) is 60.1 Å². The van der Waals surface area contributed by atoms with Crippen LogP contribution in [-0.2, 0) is 6.54 Å². The summed E-state index contributed by atoms with van der Waals surface area (Å²) in [4.78, 5) is 5.24. The molecular formula is C22H32N2. The first-order valence-electron chi connectivity index (χ1n) is 9.94. The third kappa shape index (κ3) is 3.45. The summed E-state index contributed by atoms with van der Waals surface area (Å²) < 4.78 is 0. The first-order chi connectivity index (χ1) is 11.7. The molecule has 1 aromatic carbocycles. The van der Waals surface area contributed by atoms with E-state index in [1.165, 1.54) is 50.9 Å². The Morgan fingerprint density at radius 2 is 1.54 bits per heavy atom. The molecule has 2 heteroatoms. The standard InChI is InChI=1S/C22H32N2/c1-17-5-6-18(2)24(17)16-20-13-22(14-20)21-9-7-19(8-10-21)15-23-11-3-4-12-23/h5-10,17-18,20,22H,3-4,11-16H2,1-2H3/t17-,18-,20?,22?/m1/s1. The summed E-state index contributed by atoms with van der Waals surface area (Å²) in [5, 5.41) is 0. The molecule has 2 nitrogen and oxygen atoms in total. The van der Waals surface area contributed by atoms with Crippen LogP contribution < -0.4 is 0 Å². The summed E-state index contributed by atoms with van der Waals surface area (Å²) in [6.45, 7) is 9.65. The Morgan fingerprint density at radius 3 is 2.17 bits per heavy atom. The maximum Gasteiger partial charge on any atom is 0.0256 e. The Morgan fingerprint density at radius 1 is 0.917 bits per heavy atom. The molecule has 2 aliphatic heterocycles. The van der Waals surface area contributed by atoms with Gasteiger partial charge in [0.05, 0.1) is 0 Å². The van der Waals surface area contributed by atoms with Crippen molar-refractivity contribution < 1.29 is 0 Å². The van der Waals surface area contributed by atoms with Crippen molar-refractivity contribution in [1.82, 2.24) is 9.80 Å². The Kier molecular flexibility index (Phi) is 4.78. The van der Waals surface area contributed by atoms with Gasteiger partial charge in [-0.25, -0.2) is 0 Å². The van der Waals surface area contributed by atoms with E-state index in [4.69, 9.17) is 0 Å². The highest BCUT2D eigenvalue weighted by Crippen LogP contribution is 2.42. The molecule has 0 bridgehead atoms. The molecule has 0 N–H and O–H groups in total. The molecule has 2 atom stereocenters. The van der Waals surface area contributed by atoms with Crippen LogP contribution in [0.2, 0.25) is 0 Å². The highest BCUT2D eigenvalue weighted by atomic mass is 15.2. The maximum absolute atomic E-state index is 2.65. The van der Waals surface area contributed by atoms with E-state index >= 15 is 0 Å². The molecule has 0 radical (unpaired) electrons. The number of likely N-dealkylation sites (tertiary alicyclic amines) is 1. The normalized spacial score (nSPS) is 33.9. The highest BCUT2D eigenvalue weighted by Gasteiger charge is 2.34. The fourth-order valence-electron chi connectivity index (χ4n) is 4.80. The van der Waals surface area contributed by atoms with E-state index in [1.54, 1.807) is 5.56 Å². The zero-order chi connectivity index (χ0) is 16.5. The van der Waals surface area contributed by atoms with Gasteiger partial charge in [0.2, 0.25) is 0 Å². The van der Waals surface area contributed by atoms with E-state index in [-0.39, 0.29) is 0 Å². The summed E-state index contributed by atoms with van der Waals surface area (Å²) in [6, 6.07) is 10.8. The van der Waals surface area contributed by atoms with Crippen molar-refractivity contribution in [2.45, 2.75) is 64.1 Å². The van der Waals surface area contributed by atoms with Crippen LogP contribution in [0.15, 0.2) is 36.4 Å². The van der Waals surface area contributed by atoms with Gasteiger partial charge in [-0.2, -0.15) is 0 Å². The largest absolute Gasteiger partial charge is 0.299 e. The van der Waals surface area contributed by atoms with Crippen LogP contribution in [-0.4, -0.2) is 41.5 Å². The first kappa shape index (κ1) is 16.4. The summed E-state index contributed by atoms with van der Waals surface area (Å²) in [5.74, 6) is 1.70. The van der Waals surface area contributed by atoms with Gasteiger partial charge in [-0.15, -0.1) is 0 Å². The fraction of sp³-hybridized carbons (Fsp3) is 0.636. The molecule has 0 unspecified atom stereocenters. The van der Waals surface area contributed by atoms with Gasteiger partial charge >= 0.3 is 0 Å². The van der Waals surface area contributed by atoms with Crippen LogP contribution in [0.1, 0.15) is 56.6 Å². The molecule has 1 aromatic rings. The zero-order valence-electron chi connectivity index (χ0n) is 15.3. The lowest BCUT2D eigenvalue weighted by Gasteiger charge is -2.40. The number of nitrogens with zero attached hydrogens (tertiary/aromatic N) is 2. The number of benzene rings is 1. The van der Waals surface area contributed by atoms with E-state index in [9.17, 15) is 0 Å². The molecule has 1 saturated carbocycles. The van der Waals surface area contributed by atoms with Gasteiger partial charge in [0.25, 0.3) is 0 Å². The molecule has 0 amide bonds. The van der Waals surface area contributed by atoms with Gasteiger partial charge in [-0.05, 0) is 75.6 Å². The average molecular weight is 325 g/mol. The number of rotatable bonds is 5. The van der Waals surface area contributed by atoms with E-state index in [1.807, 2.05) is 0 Å². The number of hydrogen-bond donors (Lipinski definition) is 0. The van der Waals surface area contributed by atoms with Gasteiger partial charge in [-0.1, -0.05) is 36.4 Å². The first-order valence-corrected chi connectivity index (χ1v) is 9.94. The van der Waals surface area contributed by atoms with Crippen molar-refractivity contribution in [2.24, 2.45) is 5.92 Å². The van der Waals surface area contributed by atoms with E-state index < -0.39 is 0 Å². The van der Waals surface area contributed by atoms with Crippen molar-refractivity contribution in [3.05, 3.63) is 47.5 Å². The molecule has 3 aliphatic rings. The van der Waals surface area contributed by atoms with Crippen LogP contribution in [0.3, 0.4) is 0 Å². The van der Waals surface area contributed by atoms with Crippen molar-refractivity contribution >= 4 is 0 Å². The second kappa shape index (κ2) is 7.01. The van der Waals surface area contributed by atoms with Crippen LogP contribution in [0.4, 0.5) is 0 Å². The van der Waals surface area contributed by atoms with Crippen molar-refractivity contribution in [1.29, 1.82) is 0 Å². The Labute approximate surface area is 147 Å². The molecule has 2 heterocycles. The van der Waals surface area contributed by atoms with Crippen LogP contribution in [0.25, 0.3) is 0 Å². The zero-order valence-corrected chi connectivity index (χ0v) is 15.3. The topological polar surface area (TPSA) is 6.48 Å². The Bertz CT molecular complexity index is 552. The second-order valence-corrected chi connectivity index (χ2v) is 8.32. The molecule has 1 saturated heterocycles. The Hall–Kier alpha value is -1.12. The molecule has 2 fully saturated rings. The molecule has 130 valence electrons. The average Bonchev–Trinajstić information content (AvgIpc) is 3.15. The maximum atomic E-state index is 2.65. The monoisotopic (exact) mass is 324 g/mol. The Balaban J connectivity index is 1.26. The van der Waals surface area contributed by atoms with Crippen LogP contribution in [0.5, 0.6) is 0 Å². The van der Waals surface area contributed by atoms with Crippen molar-refractivity contribution in [3.8, 4) is 0 Å². The van der Waals surface area contributed by atoms with Crippen LogP contribution in [0, 0.1) is 5.92 Å². The highest BCUT2D eigenvalue weighted by molar-refractivity contribution is 5.27. The molecule has 0 aromatic heterocycles. The molecule has 0 spiro atoms. The summed E-state index contributed by atoms with van der Waals surface area (Å²) in [6.07, 6.45) is 10.2. The molecular weight excluding hydrogens is 292 g/mol. The van der Waals surface area contributed by atoms with Gasteiger partial charge in [0.1, 0.15) is 0 Å². The summed E-state index contributed by atoms with van der Waals surface area (Å²) in [5.41, 5.74) is 3.05. The van der Waals surface area contributed by atoms with E-state index in [0.717, 1.165) is 18.4 Å². The van der Waals surface area contributed by atoms with Crippen LogP contribution >= 0.6 is 0 Å². The minimum atomic E-state index is 0.629. The number of hydrogen-bond acceptors (Lipinski definition) is 2. The predicted octanol–water partition coefficient (Wildman–Crippen LogP) is 4.42. The lowest BCUT2D eigenvalue weighted by Crippen LogP contribution is -2.41. The third-order valence-electron chi connectivity index (χ3n) is 6.48. The van der Waals surface area contributed by atoms with Crippen molar-refractivity contribution in [2.75, 3.05) is 19.6 Å². The summed E-state index contributed by atoms with van der Waals surface area (Å²) in [7, 11) is 0. The second-order valence-electron chi connectivity index (χ2n) is 8.32. The quantitative estimate of drug-likeness (QED) is 0.740. The van der Waals surface area contributed by atoms with Gasteiger partial charge in [0, 0.05) is 25.2 Å². The van der Waals surface area contributed by atoms with E-state index in [0.29, 0.717) is 12.1 Å². The van der Waals surface area contributed by atoms with Crippen molar-refractivity contribution in [3.63, 3.8) is 0 Å². The smallest absolute Gasteiger partial charge is 0.0256 e. The fourth-order valence-corrected chi connectivity index (χ4v) is 4.80. The predicted molar refractivity (Wildman–Crippen MR) is 101 cm³/mol. The molecule has 1 aliphatic carbocycles. The minimum absolute atomic E-state index is 0.629. The van der Waals surface area contributed by atoms with Gasteiger partial charge in [0.15, 0.2) is 0 Å². The summed E-state index contributed by atoms with van der Waals surface area (Å²) >= 11 is 0. The molecule has 4 rings (SSSR count). The minimum Gasteiger partial charge on any atom is -0.299 e. The lowest BCUT2D eigenvalue weighted by molar-refractivity contribution is 0.135. The van der Waals surface area contributed by atoms with Gasteiger partial charge < -0.3 is 0 Å². The third-order valence-corrected chi connectivity index (χ3v) is 6.48. The SMILES string of the molecule is C[C@@H]1C=C[C@@H](C)N1CC1CC(c2ccc(CN3CCCC3)cc2)C1. The van der Waals surface area contributed by atoms with Gasteiger partial charge in [-0.3, -0.25) is 9.80 Å². The lowest BCUT2D eigenvalue weighted by atomic mass is 9.71. The molecule has 24 heavy (non-hydrogen) atoms.